The van der Waals surface area contributed by atoms with Crippen molar-refractivity contribution in [2.75, 3.05) is 5.32 Å². The number of carbonyl (C=O) groups is 2. The molecule has 0 aliphatic carbocycles. The fraction of sp³-hybridized carbons (Fsp3) is 0.364. The number of hydrogen-bond donors (Lipinski definition) is 2. The molecule has 6 heteroatoms. The van der Waals surface area contributed by atoms with E-state index >= 15 is 0 Å². The minimum Gasteiger partial charge on any atom is -0.362 e. The second-order valence-corrected chi connectivity index (χ2v) is 8.07. The van der Waals surface area contributed by atoms with E-state index in [1.807, 2.05) is 29.2 Å². The van der Waals surface area contributed by atoms with Gasteiger partial charge in [-0.25, -0.2) is 4.39 Å². The van der Waals surface area contributed by atoms with Crippen molar-refractivity contribution in [3.63, 3.8) is 0 Å². The van der Waals surface area contributed by atoms with Crippen molar-refractivity contribution in [1.29, 1.82) is 0 Å². The highest BCUT2D eigenvalue weighted by Crippen LogP contribution is 2.43. The first kappa shape index (κ1) is 17.2. The number of carbonyl (C=O) groups excluding carboxylic acids is 2. The Labute approximate surface area is 162 Å². The number of fused-ring (bicyclic) bond motifs is 3. The predicted octanol–water partition coefficient (Wildman–Crippen LogP) is 3.07. The molecule has 2 unspecified atom stereocenters. The molecule has 3 aliphatic rings. The highest BCUT2D eigenvalue weighted by Gasteiger charge is 2.52. The van der Waals surface area contributed by atoms with Gasteiger partial charge in [0, 0.05) is 30.6 Å². The van der Waals surface area contributed by atoms with Gasteiger partial charge in [-0.05, 0) is 36.6 Å². The third-order valence-electron chi connectivity index (χ3n) is 6.27. The number of amides is 2. The normalized spacial score (nSPS) is 27.9. The van der Waals surface area contributed by atoms with Crippen molar-refractivity contribution >= 4 is 17.5 Å². The largest absolute Gasteiger partial charge is 0.362 e. The standard InChI is InChI=1S/C22H22FN3O2/c23-18-7-3-1-5-14(18)11-20(27)26-15-9-10-16(26)13-22(12-15)24-19-8-4-2-6-17(19)21(28)25-22/h1-8,15-16,24H,9-13H2,(H,25,28). The van der Waals surface area contributed by atoms with E-state index in [0.717, 1.165) is 18.5 Å². The third kappa shape index (κ3) is 2.75. The summed E-state index contributed by atoms with van der Waals surface area (Å²) in [5.41, 5.74) is 1.41. The van der Waals surface area contributed by atoms with E-state index < -0.39 is 5.66 Å². The van der Waals surface area contributed by atoms with E-state index in [1.54, 1.807) is 18.2 Å². The molecule has 0 radical (unpaired) electrons. The van der Waals surface area contributed by atoms with Crippen LogP contribution in [-0.2, 0) is 11.2 Å². The molecule has 2 aromatic rings. The summed E-state index contributed by atoms with van der Waals surface area (Å²) in [5, 5.41) is 6.69. The molecular formula is C22H22FN3O2. The number of rotatable bonds is 2. The summed E-state index contributed by atoms with van der Waals surface area (Å²) in [5.74, 6) is -0.440. The highest BCUT2D eigenvalue weighted by atomic mass is 19.1. The molecule has 2 amide bonds. The van der Waals surface area contributed by atoms with E-state index in [9.17, 15) is 14.0 Å². The zero-order valence-corrected chi connectivity index (χ0v) is 15.5. The number of nitrogens with zero attached hydrogens (tertiary/aromatic N) is 1. The smallest absolute Gasteiger partial charge is 0.255 e. The minimum atomic E-state index is -0.522. The van der Waals surface area contributed by atoms with Gasteiger partial charge in [-0.15, -0.1) is 0 Å². The number of para-hydroxylation sites is 1. The van der Waals surface area contributed by atoms with Crippen LogP contribution in [0.2, 0.25) is 0 Å². The van der Waals surface area contributed by atoms with Gasteiger partial charge in [0.2, 0.25) is 5.91 Å². The molecule has 2 saturated heterocycles. The summed E-state index contributed by atoms with van der Waals surface area (Å²) >= 11 is 0. The summed E-state index contributed by atoms with van der Waals surface area (Å²) < 4.78 is 14.0. The van der Waals surface area contributed by atoms with E-state index in [4.69, 9.17) is 0 Å². The lowest BCUT2D eigenvalue weighted by atomic mass is 9.87. The summed E-state index contributed by atoms with van der Waals surface area (Å²) in [7, 11) is 0. The molecule has 28 heavy (non-hydrogen) atoms. The molecule has 0 aromatic heterocycles. The van der Waals surface area contributed by atoms with Crippen molar-refractivity contribution in [3.05, 3.63) is 65.5 Å². The minimum absolute atomic E-state index is 0.0324. The zero-order chi connectivity index (χ0) is 19.3. The van der Waals surface area contributed by atoms with Gasteiger partial charge in [0.15, 0.2) is 0 Å². The SMILES string of the molecule is O=C1NC2(CC3CCC(C2)N3C(=O)Cc2ccccc2F)Nc2ccccc21. The Morgan fingerprint density at radius 2 is 1.71 bits per heavy atom. The van der Waals surface area contributed by atoms with Crippen molar-refractivity contribution in [2.45, 2.75) is 49.9 Å². The average Bonchev–Trinajstić information content (AvgIpc) is 2.96. The van der Waals surface area contributed by atoms with Crippen molar-refractivity contribution in [3.8, 4) is 0 Å². The first-order chi connectivity index (χ1) is 13.5. The van der Waals surface area contributed by atoms with Gasteiger partial charge in [0.05, 0.1) is 12.0 Å². The zero-order valence-electron chi connectivity index (χ0n) is 15.5. The van der Waals surface area contributed by atoms with Gasteiger partial charge < -0.3 is 15.5 Å². The Hall–Kier alpha value is -2.89. The van der Waals surface area contributed by atoms with E-state index in [1.165, 1.54) is 6.07 Å². The molecule has 2 aromatic carbocycles. The van der Waals surface area contributed by atoms with E-state index in [2.05, 4.69) is 10.6 Å². The summed E-state index contributed by atoms with van der Waals surface area (Å²) in [4.78, 5) is 27.5. The number of halogens is 1. The van der Waals surface area contributed by atoms with E-state index in [0.29, 0.717) is 24.0 Å². The van der Waals surface area contributed by atoms with Crippen molar-refractivity contribution in [1.82, 2.24) is 10.2 Å². The predicted molar refractivity (Wildman–Crippen MR) is 103 cm³/mol. The second kappa shape index (κ2) is 6.33. The van der Waals surface area contributed by atoms with E-state index in [-0.39, 0.29) is 36.1 Å². The number of piperidine rings is 1. The topological polar surface area (TPSA) is 61.4 Å². The molecule has 2 N–H and O–H groups in total. The average molecular weight is 379 g/mol. The summed E-state index contributed by atoms with van der Waals surface area (Å²) in [6, 6.07) is 14.1. The first-order valence-electron chi connectivity index (χ1n) is 9.79. The maximum absolute atomic E-state index is 14.0. The second-order valence-electron chi connectivity index (χ2n) is 8.07. The van der Waals surface area contributed by atoms with Crippen LogP contribution in [0.3, 0.4) is 0 Å². The van der Waals surface area contributed by atoms with Crippen LogP contribution in [-0.4, -0.2) is 34.5 Å². The van der Waals surface area contributed by atoms with Crippen LogP contribution in [0.15, 0.2) is 48.5 Å². The lowest BCUT2D eigenvalue weighted by Crippen LogP contribution is -2.65. The summed E-state index contributed by atoms with van der Waals surface area (Å²) in [6.45, 7) is 0. The Balaban J connectivity index is 1.36. The molecule has 5 rings (SSSR count). The lowest BCUT2D eigenvalue weighted by Gasteiger charge is -2.49. The number of nitrogens with one attached hydrogen (secondary N) is 2. The van der Waals surface area contributed by atoms with Crippen LogP contribution >= 0.6 is 0 Å². The quantitative estimate of drug-likeness (QED) is 0.843. The first-order valence-corrected chi connectivity index (χ1v) is 9.79. The van der Waals surface area contributed by atoms with Crippen molar-refractivity contribution in [2.24, 2.45) is 0 Å². The molecule has 144 valence electrons. The third-order valence-corrected chi connectivity index (χ3v) is 6.27. The number of hydrogen-bond acceptors (Lipinski definition) is 3. The maximum Gasteiger partial charge on any atom is 0.255 e. The van der Waals surface area contributed by atoms with Gasteiger partial charge >= 0.3 is 0 Å². The van der Waals surface area contributed by atoms with Gasteiger partial charge in [0.1, 0.15) is 11.5 Å². The Kier molecular flexibility index (Phi) is 3.89. The molecule has 2 bridgehead atoms. The van der Waals surface area contributed by atoms with Crippen LogP contribution in [0.5, 0.6) is 0 Å². The van der Waals surface area contributed by atoms with Gasteiger partial charge in [-0.3, -0.25) is 9.59 Å². The maximum atomic E-state index is 14.0. The summed E-state index contributed by atoms with van der Waals surface area (Å²) in [6.07, 6.45) is 3.22. The molecule has 0 saturated carbocycles. The molecule has 5 nitrogen and oxygen atoms in total. The number of benzene rings is 2. The molecular weight excluding hydrogens is 357 g/mol. The Bertz CT molecular complexity index is 946. The fourth-order valence-electron chi connectivity index (χ4n) is 5.12. The molecule has 3 heterocycles. The monoisotopic (exact) mass is 379 g/mol. The molecule has 3 aliphatic heterocycles. The van der Waals surface area contributed by atoms with Gasteiger partial charge in [-0.1, -0.05) is 30.3 Å². The van der Waals surface area contributed by atoms with Crippen LogP contribution in [0, 0.1) is 5.82 Å². The lowest BCUT2D eigenvalue weighted by molar-refractivity contribution is -0.135. The molecule has 2 atom stereocenters. The Morgan fingerprint density at radius 3 is 2.46 bits per heavy atom. The van der Waals surface area contributed by atoms with Crippen LogP contribution in [0.1, 0.15) is 41.6 Å². The van der Waals surface area contributed by atoms with Crippen LogP contribution in [0.25, 0.3) is 0 Å². The van der Waals surface area contributed by atoms with Gasteiger partial charge in [0.25, 0.3) is 5.91 Å². The van der Waals surface area contributed by atoms with Crippen LogP contribution < -0.4 is 10.6 Å². The van der Waals surface area contributed by atoms with Crippen molar-refractivity contribution < 1.29 is 14.0 Å². The molecule has 2 fully saturated rings. The Morgan fingerprint density at radius 1 is 1.04 bits per heavy atom. The number of anilines is 1. The fourth-order valence-corrected chi connectivity index (χ4v) is 5.12. The van der Waals surface area contributed by atoms with Gasteiger partial charge in [-0.2, -0.15) is 0 Å². The highest BCUT2D eigenvalue weighted by molar-refractivity contribution is 6.02. The molecule has 1 spiro atoms. The van der Waals surface area contributed by atoms with Crippen LogP contribution in [0.4, 0.5) is 10.1 Å².